The summed E-state index contributed by atoms with van der Waals surface area (Å²) in [6, 6.07) is 12.3. The highest BCUT2D eigenvalue weighted by Gasteiger charge is 2.24. The molecule has 23 heavy (non-hydrogen) atoms. The fourth-order valence-electron chi connectivity index (χ4n) is 2.13. The topological polar surface area (TPSA) is 56.7 Å². The molecule has 124 valence electrons. The van der Waals surface area contributed by atoms with Gasteiger partial charge >= 0.3 is 0 Å². The maximum Gasteiger partial charge on any atom is 0.191 e. The van der Waals surface area contributed by atoms with Crippen molar-refractivity contribution < 1.29 is 5.11 Å². The van der Waals surface area contributed by atoms with Gasteiger partial charge in [0.1, 0.15) is 5.60 Å². The summed E-state index contributed by atoms with van der Waals surface area (Å²) in [5.74, 6) is 0.713. The van der Waals surface area contributed by atoms with Gasteiger partial charge in [-0.25, -0.2) is 4.99 Å². The second kappa shape index (κ2) is 8.13. The van der Waals surface area contributed by atoms with Crippen LogP contribution >= 0.6 is 11.3 Å². The molecule has 0 saturated carbocycles. The summed E-state index contributed by atoms with van der Waals surface area (Å²) in [5, 5.41) is 19.0. The van der Waals surface area contributed by atoms with Gasteiger partial charge in [0.25, 0.3) is 0 Å². The summed E-state index contributed by atoms with van der Waals surface area (Å²) in [6.45, 7) is 7.71. The molecule has 1 heterocycles. The molecule has 0 aliphatic rings. The molecule has 0 aliphatic carbocycles. The second-order valence-corrected chi connectivity index (χ2v) is 6.73. The van der Waals surface area contributed by atoms with Gasteiger partial charge < -0.3 is 15.7 Å². The van der Waals surface area contributed by atoms with Gasteiger partial charge in [-0.15, -0.1) is 11.3 Å². The quantitative estimate of drug-likeness (QED) is 0.563. The number of thiophene rings is 1. The predicted octanol–water partition coefficient (Wildman–Crippen LogP) is 3.02. The SMILES string of the molecule is CCNC(=NCc1ccc(C)cc1)NCC(C)(O)c1cccs1. The van der Waals surface area contributed by atoms with E-state index in [1.807, 2.05) is 31.4 Å². The van der Waals surface area contributed by atoms with E-state index in [-0.39, 0.29) is 0 Å². The standard InChI is InChI=1S/C18H25N3OS/c1-4-19-17(20-12-15-9-7-14(2)8-10-15)21-13-18(3,22)16-6-5-11-23-16/h5-11,22H,4,12-13H2,1-3H3,(H2,19,20,21). The van der Waals surface area contributed by atoms with Crippen LogP contribution in [0.15, 0.2) is 46.8 Å². The van der Waals surface area contributed by atoms with E-state index < -0.39 is 5.60 Å². The van der Waals surface area contributed by atoms with E-state index in [9.17, 15) is 5.11 Å². The molecular weight excluding hydrogens is 306 g/mol. The molecule has 3 N–H and O–H groups in total. The number of nitrogens with one attached hydrogen (secondary N) is 2. The molecule has 1 aromatic carbocycles. The lowest BCUT2D eigenvalue weighted by Crippen LogP contribution is -2.44. The van der Waals surface area contributed by atoms with Gasteiger partial charge in [-0.3, -0.25) is 0 Å². The van der Waals surface area contributed by atoms with E-state index >= 15 is 0 Å². The Labute approximate surface area is 142 Å². The van der Waals surface area contributed by atoms with Crippen molar-refractivity contribution in [3.05, 3.63) is 57.8 Å². The van der Waals surface area contributed by atoms with Crippen LogP contribution in [0.3, 0.4) is 0 Å². The molecule has 0 amide bonds. The van der Waals surface area contributed by atoms with Crippen LogP contribution in [0.2, 0.25) is 0 Å². The molecule has 0 radical (unpaired) electrons. The first kappa shape index (κ1) is 17.5. The van der Waals surface area contributed by atoms with Crippen LogP contribution in [0, 0.1) is 6.92 Å². The van der Waals surface area contributed by atoms with Gasteiger partial charge in [0, 0.05) is 11.4 Å². The van der Waals surface area contributed by atoms with Crippen LogP contribution in [0.25, 0.3) is 0 Å². The third kappa shape index (κ3) is 5.37. The Morgan fingerprint density at radius 1 is 1.22 bits per heavy atom. The van der Waals surface area contributed by atoms with Crippen LogP contribution in [-0.4, -0.2) is 24.2 Å². The third-order valence-electron chi connectivity index (χ3n) is 3.54. The Bertz CT molecular complexity index is 618. The Balaban J connectivity index is 1.97. The lowest BCUT2D eigenvalue weighted by molar-refractivity contribution is 0.0655. The molecule has 5 heteroatoms. The van der Waals surface area contributed by atoms with E-state index in [2.05, 4.69) is 46.8 Å². The summed E-state index contributed by atoms with van der Waals surface area (Å²) in [5.41, 5.74) is 1.50. The third-order valence-corrected chi connectivity index (χ3v) is 4.66. The monoisotopic (exact) mass is 331 g/mol. The molecule has 1 atom stereocenters. The number of aryl methyl sites for hydroxylation is 1. The number of hydrogen-bond acceptors (Lipinski definition) is 3. The van der Waals surface area contributed by atoms with E-state index in [1.54, 1.807) is 11.3 Å². The van der Waals surface area contributed by atoms with Gasteiger partial charge in [0.05, 0.1) is 13.1 Å². The summed E-state index contributed by atoms with van der Waals surface area (Å²) in [4.78, 5) is 5.53. The maximum absolute atomic E-state index is 10.6. The highest BCUT2D eigenvalue weighted by molar-refractivity contribution is 7.10. The Morgan fingerprint density at radius 3 is 2.57 bits per heavy atom. The number of benzene rings is 1. The van der Waals surface area contributed by atoms with E-state index in [1.165, 1.54) is 5.56 Å². The second-order valence-electron chi connectivity index (χ2n) is 5.79. The Morgan fingerprint density at radius 2 is 1.96 bits per heavy atom. The molecule has 0 aliphatic heterocycles. The van der Waals surface area contributed by atoms with Crippen molar-refractivity contribution in [2.45, 2.75) is 32.9 Å². The minimum absolute atomic E-state index is 0.410. The average molecular weight is 331 g/mol. The van der Waals surface area contributed by atoms with Gasteiger partial charge in [-0.2, -0.15) is 0 Å². The lowest BCUT2D eigenvalue weighted by Gasteiger charge is -2.23. The molecule has 0 saturated heterocycles. The zero-order valence-corrected chi connectivity index (χ0v) is 14.8. The normalized spacial score (nSPS) is 14.3. The van der Waals surface area contributed by atoms with Crippen molar-refractivity contribution in [2.24, 2.45) is 4.99 Å². The average Bonchev–Trinajstić information content (AvgIpc) is 3.07. The van der Waals surface area contributed by atoms with Gasteiger partial charge in [-0.1, -0.05) is 35.9 Å². The van der Waals surface area contributed by atoms with Crippen LogP contribution in [0.1, 0.15) is 29.9 Å². The van der Waals surface area contributed by atoms with Crippen molar-refractivity contribution in [3.8, 4) is 0 Å². The largest absolute Gasteiger partial charge is 0.383 e. The molecule has 2 rings (SSSR count). The Kier molecular flexibility index (Phi) is 6.19. The van der Waals surface area contributed by atoms with Gasteiger partial charge in [0.15, 0.2) is 5.96 Å². The number of guanidine groups is 1. The van der Waals surface area contributed by atoms with E-state index in [4.69, 9.17) is 0 Å². The number of aliphatic hydroxyl groups is 1. The number of hydrogen-bond donors (Lipinski definition) is 3. The number of aliphatic imine (C=N–C) groups is 1. The molecule has 4 nitrogen and oxygen atoms in total. The highest BCUT2D eigenvalue weighted by atomic mass is 32.1. The molecule has 1 aromatic heterocycles. The van der Waals surface area contributed by atoms with Crippen LogP contribution in [0.5, 0.6) is 0 Å². The zero-order chi connectivity index (χ0) is 16.7. The minimum Gasteiger partial charge on any atom is -0.383 e. The van der Waals surface area contributed by atoms with Gasteiger partial charge in [-0.05, 0) is 37.8 Å². The first-order chi connectivity index (χ1) is 11.0. The summed E-state index contributed by atoms with van der Waals surface area (Å²) >= 11 is 1.56. The van der Waals surface area contributed by atoms with Crippen molar-refractivity contribution >= 4 is 17.3 Å². The van der Waals surface area contributed by atoms with E-state index in [0.717, 1.165) is 17.0 Å². The van der Waals surface area contributed by atoms with E-state index in [0.29, 0.717) is 19.0 Å². The smallest absolute Gasteiger partial charge is 0.191 e. The summed E-state index contributed by atoms with van der Waals surface area (Å²) < 4.78 is 0. The number of rotatable bonds is 6. The molecule has 0 bridgehead atoms. The fourth-order valence-corrected chi connectivity index (χ4v) is 2.92. The van der Waals surface area contributed by atoms with Crippen molar-refractivity contribution in [1.29, 1.82) is 0 Å². The predicted molar refractivity (Wildman–Crippen MR) is 97.9 cm³/mol. The molecule has 2 aromatic rings. The Hall–Kier alpha value is -1.85. The number of nitrogens with zero attached hydrogens (tertiary/aromatic N) is 1. The first-order valence-electron chi connectivity index (χ1n) is 7.85. The zero-order valence-electron chi connectivity index (χ0n) is 14.0. The minimum atomic E-state index is -0.909. The lowest BCUT2D eigenvalue weighted by atomic mass is 10.1. The van der Waals surface area contributed by atoms with Gasteiger partial charge in [0.2, 0.25) is 0 Å². The van der Waals surface area contributed by atoms with Crippen molar-refractivity contribution in [3.63, 3.8) is 0 Å². The first-order valence-corrected chi connectivity index (χ1v) is 8.73. The molecule has 1 unspecified atom stereocenters. The van der Waals surface area contributed by atoms with Crippen LogP contribution in [0.4, 0.5) is 0 Å². The maximum atomic E-state index is 10.6. The van der Waals surface area contributed by atoms with Crippen molar-refractivity contribution in [2.75, 3.05) is 13.1 Å². The van der Waals surface area contributed by atoms with Crippen LogP contribution < -0.4 is 10.6 Å². The highest BCUT2D eigenvalue weighted by Crippen LogP contribution is 2.24. The van der Waals surface area contributed by atoms with Crippen LogP contribution in [-0.2, 0) is 12.1 Å². The summed E-state index contributed by atoms with van der Waals surface area (Å²) in [6.07, 6.45) is 0. The molecular formula is C18H25N3OS. The fraction of sp³-hybridized carbons (Fsp3) is 0.389. The summed E-state index contributed by atoms with van der Waals surface area (Å²) in [7, 11) is 0. The molecule has 0 fully saturated rings. The molecule has 0 spiro atoms. The van der Waals surface area contributed by atoms with Crippen molar-refractivity contribution in [1.82, 2.24) is 10.6 Å².